The molecule has 1 aliphatic rings. The van der Waals surface area contributed by atoms with Gasteiger partial charge in [0.25, 0.3) is 0 Å². The number of amides is 2. The Morgan fingerprint density at radius 2 is 2.04 bits per heavy atom. The van der Waals surface area contributed by atoms with Crippen molar-refractivity contribution in [2.75, 3.05) is 0 Å². The molecule has 0 radical (unpaired) electrons. The second kappa shape index (κ2) is 5.01. The number of carbonyl (C=O) groups excluding carboxylic acids is 3. The smallest absolute Gasteiger partial charge is 0.249 e. The van der Waals surface area contributed by atoms with Crippen molar-refractivity contribution in [3.8, 4) is 0 Å². The summed E-state index contributed by atoms with van der Waals surface area (Å²) in [6.45, 7) is 0. The van der Waals surface area contributed by atoms with E-state index in [0.29, 0.717) is 17.6 Å². The van der Waals surface area contributed by atoms with E-state index in [2.05, 4.69) is 10.3 Å². The van der Waals surface area contributed by atoms with Crippen molar-refractivity contribution in [2.45, 2.75) is 18.9 Å². The molecule has 3 heterocycles. The SMILES string of the molecule is O=Cc1ccnc2c1c1ccccc1n2C1CCC(=O)NC1=O. The van der Waals surface area contributed by atoms with E-state index in [1.807, 2.05) is 28.8 Å². The Balaban J connectivity index is 2.07. The number of rotatable bonds is 2. The summed E-state index contributed by atoms with van der Waals surface area (Å²) in [4.78, 5) is 39.5. The Labute approximate surface area is 131 Å². The molecule has 1 saturated heterocycles. The standard InChI is InChI=1S/C17H13N3O3/c21-9-10-7-8-18-16-15(10)11-3-1-2-4-12(11)20(16)13-5-6-14(22)19-17(13)23/h1-4,7-9,13H,5-6H2,(H,19,22,23). The van der Waals surface area contributed by atoms with Crippen molar-refractivity contribution in [2.24, 2.45) is 0 Å². The van der Waals surface area contributed by atoms with Gasteiger partial charge in [-0.15, -0.1) is 0 Å². The summed E-state index contributed by atoms with van der Waals surface area (Å²) in [6.07, 6.45) is 3.07. The molecule has 3 aromatic rings. The van der Waals surface area contributed by atoms with Crippen LogP contribution in [0.5, 0.6) is 0 Å². The Morgan fingerprint density at radius 3 is 2.83 bits per heavy atom. The number of para-hydroxylation sites is 1. The van der Waals surface area contributed by atoms with Crippen LogP contribution in [0.25, 0.3) is 21.9 Å². The molecule has 0 saturated carbocycles. The van der Waals surface area contributed by atoms with Gasteiger partial charge >= 0.3 is 0 Å². The van der Waals surface area contributed by atoms with Crippen molar-refractivity contribution in [1.29, 1.82) is 0 Å². The number of benzene rings is 1. The lowest BCUT2D eigenvalue weighted by Gasteiger charge is -2.23. The Morgan fingerprint density at radius 1 is 1.22 bits per heavy atom. The number of hydrogen-bond acceptors (Lipinski definition) is 4. The van der Waals surface area contributed by atoms with Crippen molar-refractivity contribution in [3.05, 3.63) is 42.1 Å². The number of hydrogen-bond donors (Lipinski definition) is 1. The van der Waals surface area contributed by atoms with Crippen LogP contribution in [0.15, 0.2) is 36.5 Å². The van der Waals surface area contributed by atoms with Gasteiger partial charge in [-0.05, 0) is 18.6 Å². The van der Waals surface area contributed by atoms with Gasteiger partial charge < -0.3 is 4.57 Å². The molecule has 6 nitrogen and oxygen atoms in total. The first-order valence-electron chi connectivity index (χ1n) is 7.37. The van der Waals surface area contributed by atoms with Crippen LogP contribution in [0.3, 0.4) is 0 Å². The molecule has 0 aliphatic carbocycles. The van der Waals surface area contributed by atoms with Gasteiger partial charge in [-0.3, -0.25) is 19.7 Å². The number of piperidine rings is 1. The average molecular weight is 307 g/mol. The summed E-state index contributed by atoms with van der Waals surface area (Å²) < 4.78 is 1.83. The highest BCUT2D eigenvalue weighted by atomic mass is 16.2. The maximum absolute atomic E-state index is 12.3. The molecule has 0 bridgehead atoms. The predicted octanol–water partition coefficient (Wildman–Crippen LogP) is 1.98. The Hall–Kier alpha value is -3.02. The summed E-state index contributed by atoms with van der Waals surface area (Å²) >= 11 is 0. The number of fused-ring (bicyclic) bond motifs is 3. The molecule has 1 unspecified atom stereocenters. The molecular weight excluding hydrogens is 294 g/mol. The third-order valence-electron chi connectivity index (χ3n) is 4.27. The molecular formula is C17H13N3O3. The zero-order valence-corrected chi connectivity index (χ0v) is 12.2. The first-order valence-corrected chi connectivity index (χ1v) is 7.37. The summed E-state index contributed by atoms with van der Waals surface area (Å²) in [5.74, 6) is -0.587. The highest BCUT2D eigenvalue weighted by Crippen LogP contribution is 2.34. The minimum Gasteiger partial charge on any atom is -0.313 e. The quantitative estimate of drug-likeness (QED) is 0.580. The van der Waals surface area contributed by atoms with Crippen LogP contribution in [0, 0.1) is 0 Å². The second-order valence-corrected chi connectivity index (χ2v) is 5.57. The maximum atomic E-state index is 12.3. The number of nitrogens with one attached hydrogen (secondary N) is 1. The van der Waals surface area contributed by atoms with Gasteiger partial charge in [0.1, 0.15) is 11.7 Å². The van der Waals surface area contributed by atoms with Crippen LogP contribution in [-0.4, -0.2) is 27.7 Å². The van der Waals surface area contributed by atoms with Crippen LogP contribution in [-0.2, 0) is 9.59 Å². The van der Waals surface area contributed by atoms with Crippen LogP contribution < -0.4 is 5.32 Å². The van der Waals surface area contributed by atoms with Crippen molar-refractivity contribution >= 4 is 40.0 Å². The summed E-state index contributed by atoms with van der Waals surface area (Å²) in [7, 11) is 0. The van der Waals surface area contributed by atoms with Gasteiger partial charge in [0, 0.05) is 29.0 Å². The van der Waals surface area contributed by atoms with Gasteiger partial charge in [-0.25, -0.2) is 4.98 Å². The van der Waals surface area contributed by atoms with Crippen molar-refractivity contribution < 1.29 is 14.4 Å². The second-order valence-electron chi connectivity index (χ2n) is 5.57. The van der Waals surface area contributed by atoms with Gasteiger partial charge in [-0.2, -0.15) is 0 Å². The Bertz CT molecular complexity index is 974. The molecule has 1 fully saturated rings. The van der Waals surface area contributed by atoms with Crippen LogP contribution in [0.2, 0.25) is 0 Å². The number of carbonyl (C=O) groups is 3. The maximum Gasteiger partial charge on any atom is 0.249 e. The normalized spacial score (nSPS) is 18.3. The Kier molecular flexibility index (Phi) is 2.97. The van der Waals surface area contributed by atoms with Gasteiger partial charge in [0.2, 0.25) is 11.8 Å². The lowest BCUT2D eigenvalue weighted by molar-refractivity contribution is -0.135. The molecule has 1 aromatic carbocycles. The zero-order chi connectivity index (χ0) is 16.0. The van der Waals surface area contributed by atoms with E-state index in [1.165, 1.54) is 0 Å². The molecule has 1 atom stereocenters. The number of nitrogens with zero attached hydrogens (tertiary/aromatic N) is 2. The summed E-state index contributed by atoms with van der Waals surface area (Å²) in [6, 6.07) is 8.73. The minimum atomic E-state index is -0.510. The number of pyridine rings is 1. The van der Waals surface area contributed by atoms with E-state index in [9.17, 15) is 14.4 Å². The summed E-state index contributed by atoms with van der Waals surface area (Å²) in [5, 5.41) is 4.00. The van der Waals surface area contributed by atoms with Crippen LogP contribution in [0.4, 0.5) is 0 Å². The fraction of sp³-hybridized carbons (Fsp3) is 0.176. The topological polar surface area (TPSA) is 81.1 Å². The third kappa shape index (κ3) is 1.95. The first-order chi connectivity index (χ1) is 11.2. The molecule has 1 aliphatic heterocycles. The molecule has 0 spiro atoms. The fourth-order valence-corrected chi connectivity index (χ4v) is 3.28. The van der Waals surface area contributed by atoms with E-state index in [-0.39, 0.29) is 18.2 Å². The van der Waals surface area contributed by atoms with Crippen LogP contribution in [0.1, 0.15) is 29.2 Å². The molecule has 2 amide bonds. The predicted molar refractivity (Wildman–Crippen MR) is 84.0 cm³/mol. The van der Waals surface area contributed by atoms with Crippen molar-refractivity contribution in [1.82, 2.24) is 14.9 Å². The lowest BCUT2D eigenvalue weighted by atomic mass is 10.1. The molecule has 2 aromatic heterocycles. The molecule has 114 valence electrons. The van der Waals surface area contributed by atoms with E-state index >= 15 is 0 Å². The largest absolute Gasteiger partial charge is 0.313 e. The number of imide groups is 1. The number of aldehydes is 1. The minimum absolute atomic E-state index is 0.256. The third-order valence-corrected chi connectivity index (χ3v) is 4.27. The molecule has 6 heteroatoms. The summed E-state index contributed by atoms with van der Waals surface area (Å²) in [5.41, 5.74) is 1.96. The molecule has 23 heavy (non-hydrogen) atoms. The van der Waals surface area contributed by atoms with E-state index in [0.717, 1.165) is 22.6 Å². The first kappa shape index (κ1) is 13.6. The van der Waals surface area contributed by atoms with Gasteiger partial charge in [0.15, 0.2) is 6.29 Å². The average Bonchev–Trinajstić information content (AvgIpc) is 2.90. The highest BCUT2D eigenvalue weighted by molar-refractivity contribution is 6.14. The van der Waals surface area contributed by atoms with Gasteiger partial charge in [0.05, 0.1) is 5.52 Å². The van der Waals surface area contributed by atoms with E-state index in [1.54, 1.807) is 12.3 Å². The monoisotopic (exact) mass is 307 g/mol. The number of aromatic nitrogens is 2. The highest BCUT2D eigenvalue weighted by Gasteiger charge is 2.31. The van der Waals surface area contributed by atoms with Crippen molar-refractivity contribution in [3.63, 3.8) is 0 Å². The van der Waals surface area contributed by atoms with Gasteiger partial charge in [-0.1, -0.05) is 18.2 Å². The van der Waals surface area contributed by atoms with E-state index < -0.39 is 6.04 Å². The molecule has 4 rings (SSSR count). The zero-order valence-electron chi connectivity index (χ0n) is 12.2. The van der Waals surface area contributed by atoms with E-state index in [4.69, 9.17) is 0 Å². The lowest BCUT2D eigenvalue weighted by Crippen LogP contribution is -2.41. The fourth-order valence-electron chi connectivity index (χ4n) is 3.28. The van der Waals surface area contributed by atoms with Crippen LogP contribution >= 0.6 is 0 Å². The molecule has 1 N–H and O–H groups in total.